The molecule has 0 spiro atoms. The maximum atomic E-state index is 12.0. The van der Waals surface area contributed by atoms with Gasteiger partial charge in [0.15, 0.2) is 0 Å². The lowest BCUT2D eigenvalue weighted by Crippen LogP contribution is -2.56. The zero-order valence-corrected chi connectivity index (χ0v) is 11.9. The van der Waals surface area contributed by atoms with E-state index in [9.17, 15) is 4.79 Å². The Kier molecular flexibility index (Phi) is 4.58. The fourth-order valence-corrected chi connectivity index (χ4v) is 2.01. The average molecular weight is 253 g/mol. The molecule has 0 radical (unpaired) electrons. The van der Waals surface area contributed by atoms with Crippen LogP contribution in [0.3, 0.4) is 0 Å². The van der Waals surface area contributed by atoms with Gasteiger partial charge in [0, 0.05) is 25.7 Å². The Labute approximate surface area is 109 Å². The van der Waals surface area contributed by atoms with Crippen molar-refractivity contribution in [2.45, 2.75) is 52.3 Å². The lowest BCUT2D eigenvalue weighted by atomic mass is 10.1. The topological polar surface area (TPSA) is 56.6 Å². The van der Waals surface area contributed by atoms with Crippen molar-refractivity contribution in [3.8, 4) is 6.07 Å². The van der Waals surface area contributed by atoms with E-state index in [4.69, 9.17) is 10.00 Å². The largest absolute Gasteiger partial charge is 0.444 e. The second kappa shape index (κ2) is 5.57. The van der Waals surface area contributed by atoms with Crippen LogP contribution in [0.5, 0.6) is 0 Å². The Morgan fingerprint density at radius 1 is 1.44 bits per heavy atom. The summed E-state index contributed by atoms with van der Waals surface area (Å²) in [4.78, 5) is 15.8. The van der Waals surface area contributed by atoms with E-state index in [0.717, 1.165) is 6.54 Å². The Balaban J connectivity index is 2.58. The number of hydrogen-bond acceptors (Lipinski definition) is 4. The van der Waals surface area contributed by atoms with E-state index in [2.05, 4.69) is 11.0 Å². The summed E-state index contributed by atoms with van der Waals surface area (Å²) in [5.74, 6) is 0. The van der Waals surface area contributed by atoms with Gasteiger partial charge in [-0.05, 0) is 34.6 Å². The summed E-state index contributed by atoms with van der Waals surface area (Å²) < 4.78 is 5.37. The highest BCUT2D eigenvalue weighted by atomic mass is 16.6. The molecule has 1 aliphatic heterocycles. The van der Waals surface area contributed by atoms with E-state index >= 15 is 0 Å². The van der Waals surface area contributed by atoms with Crippen molar-refractivity contribution in [1.82, 2.24) is 9.80 Å². The molecule has 18 heavy (non-hydrogen) atoms. The van der Waals surface area contributed by atoms with Crippen molar-refractivity contribution in [3.05, 3.63) is 0 Å². The minimum Gasteiger partial charge on any atom is -0.444 e. The first-order chi connectivity index (χ1) is 8.24. The molecule has 1 saturated heterocycles. The number of nitriles is 1. The van der Waals surface area contributed by atoms with Crippen molar-refractivity contribution in [3.63, 3.8) is 0 Å². The number of hydrogen-bond donors (Lipinski definition) is 0. The number of ether oxygens (including phenoxy) is 1. The third-order valence-electron chi connectivity index (χ3n) is 3.02. The van der Waals surface area contributed by atoms with Crippen molar-refractivity contribution < 1.29 is 9.53 Å². The van der Waals surface area contributed by atoms with Crippen molar-refractivity contribution in [2.75, 3.05) is 19.6 Å². The van der Waals surface area contributed by atoms with Crippen LogP contribution in [0.2, 0.25) is 0 Å². The van der Waals surface area contributed by atoms with Crippen molar-refractivity contribution >= 4 is 6.09 Å². The molecule has 2 atom stereocenters. The molecule has 0 saturated carbocycles. The van der Waals surface area contributed by atoms with Gasteiger partial charge in [0.05, 0.1) is 12.1 Å². The van der Waals surface area contributed by atoms with Crippen LogP contribution in [0, 0.1) is 11.3 Å². The van der Waals surface area contributed by atoms with Gasteiger partial charge in [-0.25, -0.2) is 4.79 Å². The van der Waals surface area contributed by atoms with E-state index < -0.39 is 5.60 Å². The SMILES string of the molecule is C[C@H](C#N)N1CCN(C(=O)OC(C)(C)C)[C@@H](C)C1. The van der Waals surface area contributed by atoms with Gasteiger partial charge in [-0.3, -0.25) is 4.90 Å². The molecular formula is C13H23N3O2. The van der Waals surface area contributed by atoms with Crippen LogP contribution in [-0.4, -0.2) is 53.2 Å². The van der Waals surface area contributed by atoms with Crippen LogP contribution in [-0.2, 0) is 4.74 Å². The molecule has 0 bridgehead atoms. The average Bonchev–Trinajstić information content (AvgIpc) is 2.25. The lowest BCUT2D eigenvalue weighted by molar-refractivity contribution is -0.000589. The Morgan fingerprint density at radius 3 is 2.50 bits per heavy atom. The lowest BCUT2D eigenvalue weighted by Gasteiger charge is -2.41. The maximum absolute atomic E-state index is 12.0. The Hall–Kier alpha value is -1.28. The summed E-state index contributed by atoms with van der Waals surface area (Å²) in [6.07, 6.45) is -0.265. The predicted molar refractivity (Wildman–Crippen MR) is 69.1 cm³/mol. The molecule has 0 aliphatic carbocycles. The van der Waals surface area contributed by atoms with Crippen molar-refractivity contribution in [2.24, 2.45) is 0 Å². The van der Waals surface area contributed by atoms with Gasteiger partial charge in [0.2, 0.25) is 0 Å². The van der Waals surface area contributed by atoms with Crippen LogP contribution < -0.4 is 0 Å². The Morgan fingerprint density at radius 2 is 2.06 bits per heavy atom. The van der Waals surface area contributed by atoms with E-state index in [-0.39, 0.29) is 18.2 Å². The van der Waals surface area contributed by atoms with E-state index in [1.54, 1.807) is 4.90 Å². The first kappa shape index (κ1) is 14.8. The quantitative estimate of drug-likeness (QED) is 0.715. The zero-order valence-electron chi connectivity index (χ0n) is 11.9. The van der Waals surface area contributed by atoms with Gasteiger partial charge in [-0.2, -0.15) is 5.26 Å². The number of carbonyl (C=O) groups excluding carboxylic acids is 1. The molecule has 1 fully saturated rings. The third kappa shape index (κ3) is 3.88. The molecule has 0 aromatic rings. The monoisotopic (exact) mass is 253 g/mol. The highest BCUT2D eigenvalue weighted by Crippen LogP contribution is 2.16. The number of nitrogens with zero attached hydrogens (tertiary/aromatic N) is 3. The van der Waals surface area contributed by atoms with Crippen LogP contribution in [0.25, 0.3) is 0 Å². The maximum Gasteiger partial charge on any atom is 0.410 e. The number of piperazine rings is 1. The summed E-state index contributed by atoms with van der Waals surface area (Å²) in [7, 11) is 0. The minimum absolute atomic E-state index is 0.0735. The van der Waals surface area contributed by atoms with Gasteiger partial charge < -0.3 is 9.64 Å². The van der Waals surface area contributed by atoms with Crippen LogP contribution in [0.1, 0.15) is 34.6 Å². The Bertz CT molecular complexity index is 343. The molecule has 5 heteroatoms. The second-order valence-electron chi connectivity index (χ2n) is 5.82. The predicted octanol–water partition coefficient (Wildman–Crippen LogP) is 1.84. The first-order valence-electron chi connectivity index (χ1n) is 6.38. The van der Waals surface area contributed by atoms with Gasteiger partial charge in [0.25, 0.3) is 0 Å². The van der Waals surface area contributed by atoms with Crippen molar-refractivity contribution in [1.29, 1.82) is 5.26 Å². The van der Waals surface area contributed by atoms with E-state index in [1.165, 1.54) is 0 Å². The molecule has 5 nitrogen and oxygen atoms in total. The highest BCUT2D eigenvalue weighted by molar-refractivity contribution is 5.68. The molecule has 1 heterocycles. The van der Waals surface area contributed by atoms with Gasteiger partial charge in [-0.1, -0.05) is 0 Å². The molecule has 102 valence electrons. The standard InChI is InChI=1S/C13H23N3O2/c1-10(8-14)15-6-7-16(11(2)9-15)12(17)18-13(3,4)5/h10-11H,6-7,9H2,1-5H3/t10-,11+/m1/s1. The molecule has 0 N–H and O–H groups in total. The van der Waals surface area contributed by atoms with Crippen LogP contribution >= 0.6 is 0 Å². The van der Waals surface area contributed by atoms with Gasteiger partial charge in [0.1, 0.15) is 5.60 Å². The van der Waals surface area contributed by atoms with Gasteiger partial charge >= 0.3 is 6.09 Å². The van der Waals surface area contributed by atoms with Crippen LogP contribution in [0.15, 0.2) is 0 Å². The summed E-state index contributed by atoms with van der Waals surface area (Å²) >= 11 is 0. The summed E-state index contributed by atoms with van der Waals surface area (Å²) in [6.45, 7) is 11.5. The van der Waals surface area contributed by atoms with Gasteiger partial charge in [-0.15, -0.1) is 0 Å². The molecule has 1 amide bonds. The molecule has 1 rings (SSSR count). The number of rotatable bonds is 1. The normalized spacial score (nSPS) is 23.3. The van der Waals surface area contributed by atoms with E-state index in [0.29, 0.717) is 13.1 Å². The molecule has 0 unspecified atom stereocenters. The second-order valence-corrected chi connectivity index (χ2v) is 5.82. The van der Waals surface area contributed by atoms with E-state index in [1.807, 2.05) is 34.6 Å². The molecule has 0 aromatic carbocycles. The van der Waals surface area contributed by atoms with Crippen LogP contribution in [0.4, 0.5) is 4.79 Å². The third-order valence-corrected chi connectivity index (χ3v) is 3.02. The molecular weight excluding hydrogens is 230 g/mol. The first-order valence-corrected chi connectivity index (χ1v) is 6.38. The molecule has 1 aliphatic rings. The molecule has 0 aromatic heterocycles. The smallest absolute Gasteiger partial charge is 0.410 e. The fourth-order valence-electron chi connectivity index (χ4n) is 2.01. The zero-order chi connectivity index (χ0) is 13.9. The summed E-state index contributed by atoms with van der Waals surface area (Å²) in [5, 5.41) is 8.90. The summed E-state index contributed by atoms with van der Waals surface area (Å²) in [5.41, 5.74) is -0.464. The number of carbonyl (C=O) groups is 1. The fraction of sp³-hybridized carbons (Fsp3) is 0.846. The minimum atomic E-state index is -0.464. The number of amides is 1. The highest BCUT2D eigenvalue weighted by Gasteiger charge is 2.32. The summed E-state index contributed by atoms with van der Waals surface area (Å²) in [6, 6.07) is 2.20.